The summed E-state index contributed by atoms with van der Waals surface area (Å²) in [4.78, 5) is 29.3. The van der Waals surface area contributed by atoms with Crippen LogP contribution in [0.3, 0.4) is 0 Å². The van der Waals surface area contributed by atoms with Crippen LogP contribution in [-0.4, -0.2) is 41.6 Å². The largest absolute Gasteiger partial charge is 0.366 e. The minimum absolute atomic E-state index is 0.0709. The van der Waals surface area contributed by atoms with Crippen LogP contribution in [0.2, 0.25) is 15.1 Å². The van der Waals surface area contributed by atoms with Gasteiger partial charge in [0.05, 0.1) is 21.2 Å². The summed E-state index contributed by atoms with van der Waals surface area (Å²) < 4.78 is 1.46. The molecular formula is C22H17Cl3N4O2. The summed E-state index contributed by atoms with van der Waals surface area (Å²) in [7, 11) is 1.64. The lowest BCUT2D eigenvalue weighted by Gasteiger charge is -2.37. The van der Waals surface area contributed by atoms with Gasteiger partial charge in [0.15, 0.2) is 0 Å². The van der Waals surface area contributed by atoms with E-state index in [1.165, 1.54) is 4.57 Å². The molecule has 1 aromatic heterocycles. The van der Waals surface area contributed by atoms with Crippen molar-refractivity contribution in [3.8, 4) is 6.07 Å². The zero-order valence-electron chi connectivity index (χ0n) is 16.5. The molecule has 0 N–H and O–H groups in total. The predicted octanol–water partition coefficient (Wildman–Crippen LogP) is 4.33. The minimum atomic E-state index is -0.360. The molecule has 4 rings (SSSR count). The lowest BCUT2D eigenvalue weighted by molar-refractivity contribution is 0.0747. The molecule has 2 aromatic carbocycles. The maximum absolute atomic E-state index is 12.9. The number of halogens is 3. The number of hydrogen-bond donors (Lipinski definition) is 0. The topological polar surface area (TPSA) is 69.3 Å². The van der Waals surface area contributed by atoms with Crippen molar-refractivity contribution < 1.29 is 4.79 Å². The lowest BCUT2D eigenvalue weighted by Crippen LogP contribution is -2.49. The predicted molar refractivity (Wildman–Crippen MR) is 123 cm³/mol. The second-order valence-electron chi connectivity index (χ2n) is 7.27. The van der Waals surface area contributed by atoms with E-state index >= 15 is 0 Å². The highest BCUT2D eigenvalue weighted by atomic mass is 35.5. The molecule has 9 heteroatoms. The van der Waals surface area contributed by atoms with E-state index in [9.17, 15) is 14.9 Å². The average molecular weight is 476 g/mol. The Morgan fingerprint density at radius 3 is 2.35 bits per heavy atom. The van der Waals surface area contributed by atoms with Gasteiger partial charge in [-0.15, -0.1) is 0 Å². The fourth-order valence-corrected chi connectivity index (χ4v) is 4.35. The van der Waals surface area contributed by atoms with E-state index in [2.05, 4.69) is 6.07 Å². The highest BCUT2D eigenvalue weighted by Crippen LogP contribution is 2.31. The fraction of sp³-hybridized carbons (Fsp3) is 0.227. The Labute approximate surface area is 193 Å². The zero-order chi connectivity index (χ0) is 22.3. The second kappa shape index (κ2) is 8.43. The van der Waals surface area contributed by atoms with E-state index in [4.69, 9.17) is 34.8 Å². The molecule has 0 spiro atoms. The summed E-state index contributed by atoms with van der Waals surface area (Å²) in [6.07, 6.45) is 0. The number of aromatic nitrogens is 1. The number of benzene rings is 2. The van der Waals surface area contributed by atoms with E-state index < -0.39 is 0 Å². The molecule has 0 aliphatic carbocycles. The van der Waals surface area contributed by atoms with Crippen LogP contribution in [0.5, 0.6) is 0 Å². The van der Waals surface area contributed by atoms with Crippen molar-refractivity contribution >= 4 is 57.3 Å². The van der Waals surface area contributed by atoms with Gasteiger partial charge in [-0.3, -0.25) is 9.59 Å². The molecule has 158 valence electrons. The summed E-state index contributed by atoms with van der Waals surface area (Å²) in [5, 5.41) is 11.7. The molecule has 0 radical (unpaired) electrons. The van der Waals surface area contributed by atoms with Gasteiger partial charge in [-0.25, -0.2) is 0 Å². The van der Waals surface area contributed by atoms with Crippen LogP contribution in [-0.2, 0) is 7.05 Å². The second-order valence-corrected chi connectivity index (χ2v) is 8.52. The summed E-state index contributed by atoms with van der Waals surface area (Å²) in [6, 6.07) is 12.1. The maximum Gasteiger partial charge on any atom is 0.270 e. The monoisotopic (exact) mass is 474 g/mol. The van der Waals surface area contributed by atoms with Gasteiger partial charge in [0.1, 0.15) is 11.6 Å². The third kappa shape index (κ3) is 3.85. The maximum atomic E-state index is 12.9. The Kier molecular flexibility index (Phi) is 5.85. The van der Waals surface area contributed by atoms with Crippen molar-refractivity contribution in [2.24, 2.45) is 7.05 Å². The van der Waals surface area contributed by atoms with Crippen LogP contribution in [0.1, 0.15) is 15.9 Å². The summed E-state index contributed by atoms with van der Waals surface area (Å²) in [6.45, 7) is 1.80. The Hall–Kier alpha value is -2.72. The van der Waals surface area contributed by atoms with Crippen molar-refractivity contribution in [3.63, 3.8) is 0 Å². The van der Waals surface area contributed by atoms with Crippen LogP contribution in [0, 0.1) is 11.3 Å². The number of anilines is 1. The molecule has 0 bridgehead atoms. The number of hydrogen-bond acceptors (Lipinski definition) is 4. The first-order valence-electron chi connectivity index (χ1n) is 9.53. The van der Waals surface area contributed by atoms with Gasteiger partial charge in [0, 0.05) is 49.2 Å². The summed E-state index contributed by atoms with van der Waals surface area (Å²) in [5.74, 6) is -0.143. The van der Waals surface area contributed by atoms with Gasteiger partial charge >= 0.3 is 0 Å². The highest BCUT2D eigenvalue weighted by Gasteiger charge is 2.27. The number of amides is 1. The molecule has 1 amide bonds. The van der Waals surface area contributed by atoms with E-state index in [-0.39, 0.29) is 17.0 Å². The van der Waals surface area contributed by atoms with Gasteiger partial charge in [0.2, 0.25) is 0 Å². The molecule has 0 saturated carbocycles. The first-order chi connectivity index (χ1) is 14.8. The zero-order valence-corrected chi connectivity index (χ0v) is 18.8. The summed E-state index contributed by atoms with van der Waals surface area (Å²) >= 11 is 18.2. The van der Waals surface area contributed by atoms with Gasteiger partial charge in [-0.1, -0.05) is 34.8 Å². The van der Waals surface area contributed by atoms with Crippen LogP contribution >= 0.6 is 34.8 Å². The van der Waals surface area contributed by atoms with Crippen molar-refractivity contribution in [3.05, 3.63) is 72.9 Å². The van der Waals surface area contributed by atoms with E-state index in [0.717, 1.165) is 5.39 Å². The van der Waals surface area contributed by atoms with Crippen LogP contribution in [0.25, 0.3) is 10.9 Å². The quantitative estimate of drug-likeness (QED) is 0.553. The number of rotatable bonds is 2. The number of pyridine rings is 1. The van der Waals surface area contributed by atoms with Crippen LogP contribution < -0.4 is 10.5 Å². The Morgan fingerprint density at radius 1 is 1.00 bits per heavy atom. The Morgan fingerprint density at radius 2 is 1.71 bits per heavy atom. The minimum Gasteiger partial charge on any atom is -0.366 e. The van der Waals surface area contributed by atoms with Crippen molar-refractivity contribution in [1.82, 2.24) is 9.47 Å². The van der Waals surface area contributed by atoms with E-state index in [0.29, 0.717) is 58.0 Å². The van der Waals surface area contributed by atoms with Crippen LogP contribution in [0.15, 0.2) is 41.2 Å². The Bertz CT molecular complexity index is 1300. The third-order valence-corrected chi connectivity index (χ3v) is 6.47. The molecule has 3 aromatic rings. The Balaban J connectivity index is 1.66. The molecule has 6 nitrogen and oxygen atoms in total. The number of piperazine rings is 1. The SMILES string of the molecule is Cn1c(=O)c(C#N)c(N2CCN(C(=O)c3ccc(Cl)c(Cl)c3)CC2)c2cc(Cl)ccc21. The molecule has 1 fully saturated rings. The van der Waals surface area contributed by atoms with Crippen molar-refractivity contribution in [2.45, 2.75) is 0 Å². The normalized spacial score (nSPS) is 14.0. The standard InChI is InChI=1S/C22H17Cl3N4O2/c1-27-19-5-3-14(23)11-15(19)20(16(12-26)22(27)31)28-6-8-29(9-7-28)21(30)13-2-4-17(24)18(25)10-13/h2-5,10-11H,6-9H2,1H3. The fourth-order valence-electron chi connectivity index (χ4n) is 3.88. The number of carbonyl (C=O) groups excluding carboxylic acids is 1. The van der Waals surface area contributed by atoms with Gasteiger partial charge in [-0.05, 0) is 36.4 Å². The highest BCUT2D eigenvalue weighted by molar-refractivity contribution is 6.42. The molecule has 0 atom stereocenters. The molecule has 1 saturated heterocycles. The van der Waals surface area contributed by atoms with Gasteiger partial charge in [0.25, 0.3) is 11.5 Å². The lowest BCUT2D eigenvalue weighted by atomic mass is 10.1. The number of carbonyl (C=O) groups is 1. The van der Waals surface area contributed by atoms with Gasteiger partial charge in [-0.2, -0.15) is 5.26 Å². The molecule has 1 aliphatic heterocycles. The van der Waals surface area contributed by atoms with E-state index in [1.807, 2.05) is 4.90 Å². The molecule has 1 aliphatic rings. The molecule has 31 heavy (non-hydrogen) atoms. The van der Waals surface area contributed by atoms with Crippen molar-refractivity contribution in [2.75, 3.05) is 31.1 Å². The first kappa shape index (κ1) is 21.5. The molecule has 0 unspecified atom stereocenters. The molecule has 2 heterocycles. The summed E-state index contributed by atoms with van der Waals surface area (Å²) in [5.41, 5.74) is 1.43. The number of fused-ring (bicyclic) bond motifs is 1. The van der Waals surface area contributed by atoms with Crippen molar-refractivity contribution in [1.29, 1.82) is 5.26 Å². The molecular weight excluding hydrogens is 459 g/mol. The number of aryl methyl sites for hydroxylation is 1. The smallest absolute Gasteiger partial charge is 0.270 e. The average Bonchev–Trinajstić information content (AvgIpc) is 2.77. The number of nitriles is 1. The van der Waals surface area contributed by atoms with Gasteiger partial charge < -0.3 is 14.4 Å². The first-order valence-corrected chi connectivity index (χ1v) is 10.7. The number of nitrogens with zero attached hydrogens (tertiary/aromatic N) is 4. The van der Waals surface area contributed by atoms with E-state index in [1.54, 1.807) is 48.3 Å². The van der Waals surface area contributed by atoms with Crippen LogP contribution in [0.4, 0.5) is 5.69 Å². The third-order valence-electron chi connectivity index (χ3n) is 5.49.